The Morgan fingerprint density at radius 3 is 2.21 bits per heavy atom. The number of carbonyl (C=O) groups is 3. The molecule has 7 nitrogen and oxygen atoms in total. The minimum absolute atomic E-state index is 0.0889. The summed E-state index contributed by atoms with van der Waals surface area (Å²) < 4.78 is 16.4. The Kier molecular flexibility index (Phi) is 6.92. The molecular formula is C27H25NO6. The van der Waals surface area contributed by atoms with Crippen LogP contribution in [-0.2, 0) is 9.53 Å². The second kappa shape index (κ2) is 10.2. The second-order valence-corrected chi connectivity index (χ2v) is 8.00. The van der Waals surface area contributed by atoms with Gasteiger partial charge in [-0.15, -0.1) is 0 Å². The number of carbonyl (C=O) groups excluding carboxylic acids is 3. The number of rotatable bonds is 7. The van der Waals surface area contributed by atoms with E-state index in [1.807, 2.05) is 44.2 Å². The molecule has 0 N–H and O–H groups in total. The third kappa shape index (κ3) is 4.93. The van der Waals surface area contributed by atoms with E-state index >= 15 is 0 Å². The van der Waals surface area contributed by atoms with Crippen LogP contribution in [0.4, 0.5) is 5.69 Å². The highest BCUT2D eigenvalue weighted by Crippen LogP contribution is 2.31. The van der Waals surface area contributed by atoms with Gasteiger partial charge >= 0.3 is 5.97 Å². The van der Waals surface area contributed by atoms with E-state index in [-0.39, 0.29) is 28.9 Å². The summed E-state index contributed by atoms with van der Waals surface area (Å²) >= 11 is 0. The number of esters is 1. The first-order chi connectivity index (χ1) is 16.5. The summed E-state index contributed by atoms with van der Waals surface area (Å²) in [5, 5.41) is 0. The number of anilines is 1. The summed E-state index contributed by atoms with van der Waals surface area (Å²) in [5.74, 6) is -0.402. The number of ether oxygens (including phenoxy) is 3. The number of benzene rings is 3. The molecule has 0 aromatic heterocycles. The maximum atomic E-state index is 13.2. The molecule has 0 atom stereocenters. The summed E-state index contributed by atoms with van der Waals surface area (Å²) in [7, 11) is 0. The van der Waals surface area contributed by atoms with Crippen molar-refractivity contribution in [3.05, 3.63) is 89.5 Å². The number of para-hydroxylation sites is 1. The zero-order valence-corrected chi connectivity index (χ0v) is 19.0. The highest BCUT2D eigenvalue weighted by Gasteiger charge is 2.24. The van der Waals surface area contributed by atoms with E-state index in [1.165, 1.54) is 6.07 Å². The fourth-order valence-corrected chi connectivity index (χ4v) is 3.79. The van der Waals surface area contributed by atoms with Gasteiger partial charge < -0.3 is 19.1 Å². The van der Waals surface area contributed by atoms with E-state index in [0.717, 1.165) is 0 Å². The van der Waals surface area contributed by atoms with Crippen LogP contribution in [0.15, 0.2) is 72.8 Å². The van der Waals surface area contributed by atoms with Gasteiger partial charge in [0.15, 0.2) is 23.9 Å². The highest BCUT2D eigenvalue weighted by molar-refractivity contribution is 6.14. The lowest BCUT2D eigenvalue weighted by atomic mass is 9.98. The molecule has 0 bridgehead atoms. The van der Waals surface area contributed by atoms with Gasteiger partial charge in [-0.1, -0.05) is 36.4 Å². The lowest BCUT2D eigenvalue weighted by molar-refractivity contribution is -0.122. The SMILES string of the molecule is CC(C)N(C(=O)COC(=O)c1ccccc1C(=O)c1ccc2c(c1)OCCO2)c1ccccc1. The molecule has 0 unspecified atom stereocenters. The van der Waals surface area contributed by atoms with E-state index in [0.29, 0.717) is 36.0 Å². The molecule has 1 heterocycles. The third-order valence-electron chi connectivity index (χ3n) is 5.34. The lowest BCUT2D eigenvalue weighted by Gasteiger charge is -2.26. The summed E-state index contributed by atoms with van der Waals surface area (Å²) in [6, 6.07) is 20.3. The molecule has 3 aromatic rings. The van der Waals surface area contributed by atoms with Crippen molar-refractivity contribution in [1.29, 1.82) is 0 Å². The predicted molar refractivity (Wildman–Crippen MR) is 127 cm³/mol. The number of hydrogen-bond acceptors (Lipinski definition) is 6. The molecule has 1 aliphatic rings. The third-order valence-corrected chi connectivity index (χ3v) is 5.34. The minimum Gasteiger partial charge on any atom is -0.486 e. The molecule has 0 radical (unpaired) electrons. The van der Waals surface area contributed by atoms with Crippen molar-refractivity contribution in [2.75, 3.05) is 24.7 Å². The predicted octanol–water partition coefficient (Wildman–Crippen LogP) is 4.29. The van der Waals surface area contributed by atoms with Crippen molar-refractivity contribution >= 4 is 23.3 Å². The quantitative estimate of drug-likeness (QED) is 0.387. The van der Waals surface area contributed by atoms with Crippen LogP contribution in [-0.4, -0.2) is 43.5 Å². The topological polar surface area (TPSA) is 82.1 Å². The molecule has 174 valence electrons. The number of ketones is 1. The van der Waals surface area contributed by atoms with Crippen LogP contribution in [0.25, 0.3) is 0 Å². The van der Waals surface area contributed by atoms with Crippen molar-refractivity contribution in [2.24, 2.45) is 0 Å². The molecule has 0 aliphatic carbocycles. The van der Waals surface area contributed by atoms with Gasteiger partial charge in [0.1, 0.15) is 13.2 Å². The van der Waals surface area contributed by atoms with Gasteiger partial charge in [0.25, 0.3) is 5.91 Å². The summed E-state index contributed by atoms with van der Waals surface area (Å²) in [6.45, 7) is 4.17. The molecule has 0 spiro atoms. The fraction of sp³-hybridized carbons (Fsp3) is 0.222. The molecule has 1 aliphatic heterocycles. The molecule has 0 saturated carbocycles. The maximum absolute atomic E-state index is 13.2. The number of nitrogens with zero attached hydrogens (tertiary/aromatic N) is 1. The standard InChI is InChI=1S/C27H25NO6/c1-18(2)28(20-8-4-3-5-9-20)25(29)17-34-27(31)22-11-7-6-10-21(22)26(30)19-12-13-23-24(16-19)33-15-14-32-23/h3-13,16,18H,14-15,17H2,1-2H3. The van der Waals surface area contributed by atoms with Gasteiger partial charge in [-0.05, 0) is 50.2 Å². The number of fused-ring (bicyclic) bond motifs is 1. The van der Waals surface area contributed by atoms with Crippen LogP contribution in [0, 0.1) is 0 Å². The largest absolute Gasteiger partial charge is 0.486 e. The Hall–Kier alpha value is -4.13. The normalized spacial score (nSPS) is 12.2. The van der Waals surface area contributed by atoms with Gasteiger partial charge in [-0.3, -0.25) is 9.59 Å². The van der Waals surface area contributed by atoms with Crippen LogP contribution in [0.2, 0.25) is 0 Å². The molecule has 3 aromatic carbocycles. The Morgan fingerprint density at radius 2 is 1.50 bits per heavy atom. The molecule has 0 saturated heterocycles. The van der Waals surface area contributed by atoms with E-state index in [4.69, 9.17) is 14.2 Å². The summed E-state index contributed by atoms with van der Waals surface area (Å²) in [4.78, 5) is 40.5. The molecule has 7 heteroatoms. The van der Waals surface area contributed by atoms with Gasteiger partial charge in [-0.25, -0.2) is 4.79 Å². The van der Waals surface area contributed by atoms with Crippen molar-refractivity contribution in [2.45, 2.75) is 19.9 Å². The molecule has 1 amide bonds. The van der Waals surface area contributed by atoms with Crippen LogP contribution in [0.1, 0.15) is 40.1 Å². The van der Waals surface area contributed by atoms with E-state index in [9.17, 15) is 14.4 Å². The maximum Gasteiger partial charge on any atom is 0.339 e. The smallest absolute Gasteiger partial charge is 0.339 e. The first-order valence-corrected chi connectivity index (χ1v) is 11.0. The van der Waals surface area contributed by atoms with Crippen molar-refractivity contribution in [3.8, 4) is 11.5 Å². The Morgan fingerprint density at radius 1 is 0.853 bits per heavy atom. The van der Waals surface area contributed by atoms with Crippen molar-refractivity contribution < 1.29 is 28.6 Å². The Balaban J connectivity index is 1.50. The second-order valence-electron chi connectivity index (χ2n) is 8.00. The Bertz CT molecular complexity index is 1200. The van der Waals surface area contributed by atoms with Crippen LogP contribution >= 0.6 is 0 Å². The van der Waals surface area contributed by atoms with Crippen molar-refractivity contribution in [1.82, 2.24) is 0 Å². The lowest BCUT2D eigenvalue weighted by Crippen LogP contribution is -2.40. The number of amides is 1. The first kappa shape index (κ1) is 23.0. The fourth-order valence-electron chi connectivity index (χ4n) is 3.79. The molecule has 34 heavy (non-hydrogen) atoms. The molecule has 4 rings (SSSR count). The van der Waals surface area contributed by atoms with Gasteiger partial charge in [0.05, 0.1) is 5.56 Å². The van der Waals surface area contributed by atoms with Crippen LogP contribution < -0.4 is 14.4 Å². The average molecular weight is 459 g/mol. The Labute approximate surface area is 197 Å². The zero-order chi connectivity index (χ0) is 24.1. The van der Waals surface area contributed by atoms with E-state index < -0.39 is 12.6 Å². The summed E-state index contributed by atoms with van der Waals surface area (Å²) in [5.41, 5.74) is 1.34. The van der Waals surface area contributed by atoms with Gasteiger partial charge in [0, 0.05) is 22.9 Å². The van der Waals surface area contributed by atoms with Gasteiger partial charge in [-0.2, -0.15) is 0 Å². The van der Waals surface area contributed by atoms with E-state index in [2.05, 4.69) is 0 Å². The minimum atomic E-state index is -0.744. The zero-order valence-electron chi connectivity index (χ0n) is 19.0. The van der Waals surface area contributed by atoms with E-state index in [1.54, 1.807) is 41.3 Å². The van der Waals surface area contributed by atoms with Crippen LogP contribution in [0.5, 0.6) is 11.5 Å². The average Bonchev–Trinajstić information content (AvgIpc) is 2.87. The highest BCUT2D eigenvalue weighted by atomic mass is 16.6. The number of hydrogen-bond donors (Lipinski definition) is 0. The first-order valence-electron chi connectivity index (χ1n) is 11.0. The molecule has 0 fully saturated rings. The molecular weight excluding hydrogens is 434 g/mol. The van der Waals surface area contributed by atoms with Gasteiger partial charge in [0.2, 0.25) is 0 Å². The summed E-state index contributed by atoms with van der Waals surface area (Å²) in [6.07, 6.45) is 0. The van der Waals surface area contributed by atoms with Crippen LogP contribution in [0.3, 0.4) is 0 Å². The van der Waals surface area contributed by atoms with Crippen molar-refractivity contribution in [3.63, 3.8) is 0 Å². The monoisotopic (exact) mass is 459 g/mol.